The number of aliphatic imine (C=N–C) groups is 1. The normalized spacial score (nSPS) is 21.8. The van der Waals surface area contributed by atoms with Crippen LogP contribution in [0.1, 0.15) is 68.7 Å². The van der Waals surface area contributed by atoms with Crippen LogP contribution in [0, 0.1) is 0 Å². The van der Waals surface area contributed by atoms with Gasteiger partial charge in [0.25, 0.3) is 0 Å². The molecule has 0 spiro atoms. The minimum atomic E-state index is 0. The Kier molecular flexibility index (Phi) is 9.34. The molecule has 2 aliphatic rings. The van der Waals surface area contributed by atoms with Crippen LogP contribution in [-0.2, 0) is 6.54 Å². The Morgan fingerprint density at radius 2 is 1.84 bits per heavy atom. The molecule has 1 aromatic heterocycles. The van der Waals surface area contributed by atoms with Crippen LogP contribution >= 0.6 is 24.0 Å². The minimum absolute atomic E-state index is 0. The highest BCUT2D eigenvalue weighted by Crippen LogP contribution is 2.41. The number of halogens is 1. The van der Waals surface area contributed by atoms with E-state index in [1.165, 1.54) is 17.5 Å². The van der Waals surface area contributed by atoms with Gasteiger partial charge in [-0.25, -0.2) is 0 Å². The lowest BCUT2D eigenvalue weighted by Crippen LogP contribution is -2.49. The second-order valence-corrected chi connectivity index (χ2v) is 9.25. The van der Waals surface area contributed by atoms with E-state index in [9.17, 15) is 0 Å². The molecule has 32 heavy (non-hydrogen) atoms. The van der Waals surface area contributed by atoms with Gasteiger partial charge in [0.05, 0.1) is 5.69 Å². The molecule has 5 nitrogen and oxygen atoms in total. The molecule has 1 aromatic carbocycles. The number of rotatable bonds is 7. The van der Waals surface area contributed by atoms with Crippen molar-refractivity contribution in [3.63, 3.8) is 0 Å². The van der Waals surface area contributed by atoms with E-state index in [-0.39, 0.29) is 24.0 Å². The molecular weight excluding hydrogens is 509 g/mol. The van der Waals surface area contributed by atoms with Gasteiger partial charge in [-0.15, -0.1) is 24.0 Å². The Bertz CT molecular complexity index is 844. The fourth-order valence-corrected chi connectivity index (χ4v) is 4.47. The molecule has 2 N–H and O–H groups in total. The van der Waals surface area contributed by atoms with Crippen LogP contribution in [0.25, 0.3) is 0 Å². The maximum atomic E-state index is 4.72. The average molecular weight is 548 g/mol. The van der Waals surface area contributed by atoms with E-state index in [1.807, 2.05) is 12.3 Å². The monoisotopic (exact) mass is 547 g/mol. The average Bonchev–Trinajstić information content (AvgIpc) is 3.55. The number of likely N-dealkylation sites (tertiary alicyclic amines) is 1. The van der Waals surface area contributed by atoms with Crippen molar-refractivity contribution in [2.75, 3.05) is 19.6 Å². The van der Waals surface area contributed by atoms with Gasteiger partial charge in [0, 0.05) is 50.4 Å². The third kappa shape index (κ3) is 6.91. The molecular formula is C26H38IN5. The summed E-state index contributed by atoms with van der Waals surface area (Å²) in [6, 6.07) is 16.3. The quantitative estimate of drug-likeness (QED) is 0.294. The number of nitrogens with one attached hydrogen (secondary N) is 2. The SMILES string of the molecule is CCN=C(NC1CCN(Cc2ccccn2)CC1)NC1CC1c1ccc(C(C)C)cc1.I. The van der Waals surface area contributed by atoms with E-state index >= 15 is 0 Å². The van der Waals surface area contributed by atoms with E-state index in [0.29, 0.717) is 23.9 Å². The van der Waals surface area contributed by atoms with Gasteiger partial charge in [0.2, 0.25) is 0 Å². The van der Waals surface area contributed by atoms with E-state index in [4.69, 9.17) is 4.99 Å². The number of pyridine rings is 1. The first-order valence-electron chi connectivity index (χ1n) is 11.9. The van der Waals surface area contributed by atoms with E-state index < -0.39 is 0 Å². The van der Waals surface area contributed by atoms with Gasteiger partial charge in [-0.2, -0.15) is 0 Å². The van der Waals surface area contributed by atoms with E-state index in [1.54, 1.807) is 0 Å². The molecule has 2 aromatic rings. The Balaban J connectivity index is 0.00000289. The van der Waals surface area contributed by atoms with Crippen molar-refractivity contribution in [2.45, 2.75) is 70.5 Å². The van der Waals surface area contributed by atoms with Crippen LogP contribution in [0.5, 0.6) is 0 Å². The molecule has 6 heteroatoms. The maximum absolute atomic E-state index is 4.72. The lowest BCUT2D eigenvalue weighted by molar-refractivity contribution is 0.196. The number of hydrogen-bond acceptors (Lipinski definition) is 3. The van der Waals surface area contributed by atoms with Crippen molar-refractivity contribution < 1.29 is 0 Å². The highest BCUT2D eigenvalue weighted by molar-refractivity contribution is 14.0. The molecule has 2 heterocycles. The van der Waals surface area contributed by atoms with Crippen molar-refractivity contribution >= 4 is 29.9 Å². The van der Waals surface area contributed by atoms with Gasteiger partial charge in [-0.05, 0) is 55.4 Å². The zero-order valence-electron chi connectivity index (χ0n) is 19.6. The van der Waals surface area contributed by atoms with Crippen molar-refractivity contribution in [1.29, 1.82) is 0 Å². The van der Waals surface area contributed by atoms with Gasteiger partial charge in [0.15, 0.2) is 5.96 Å². The highest BCUT2D eigenvalue weighted by atomic mass is 127. The van der Waals surface area contributed by atoms with Crippen LogP contribution < -0.4 is 10.6 Å². The zero-order chi connectivity index (χ0) is 21.6. The first kappa shape index (κ1) is 25.0. The van der Waals surface area contributed by atoms with Gasteiger partial charge < -0.3 is 10.6 Å². The summed E-state index contributed by atoms with van der Waals surface area (Å²) >= 11 is 0. The summed E-state index contributed by atoms with van der Waals surface area (Å²) in [7, 11) is 0. The van der Waals surface area contributed by atoms with E-state index in [0.717, 1.165) is 50.7 Å². The van der Waals surface area contributed by atoms with Crippen LogP contribution in [0.2, 0.25) is 0 Å². The maximum Gasteiger partial charge on any atom is 0.191 e. The molecule has 1 saturated heterocycles. The van der Waals surface area contributed by atoms with Gasteiger partial charge in [-0.1, -0.05) is 44.2 Å². The second-order valence-electron chi connectivity index (χ2n) is 9.25. The van der Waals surface area contributed by atoms with Crippen molar-refractivity contribution in [3.8, 4) is 0 Å². The summed E-state index contributed by atoms with van der Waals surface area (Å²) in [5.74, 6) is 2.17. The summed E-state index contributed by atoms with van der Waals surface area (Å²) in [4.78, 5) is 11.7. The number of piperidine rings is 1. The Hall–Kier alpha value is -1.67. The smallest absolute Gasteiger partial charge is 0.191 e. The number of aromatic nitrogens is 1. The molecule has 1 saturated carbocycles. The van der Waals surface area contributed by atoms with Crippen molar-refractivity contribution in [1.82, 2.24) is 20.5 Å². The van der Waals surface area contributed by atoms with Crippen LogP contribution in [-0.4, -0.2) is 47.6 Å². The molecule has 0 amide bonds. The van der Waals surface area contributed by atoms with E-state index in [2.05, 4.69) is 77.7 Å². The number of nitrogens with zero attached hydrogens (tertiary/aromatic N) is 3. The predicted octanol–water partition coefficient (Wildman–Crippen LogP) is 4.90. The fourth-order valence-electron chi connectivity index (χ4n) is 4.47. The fraction of sp³-hybridized carbons (Fsp3) is 0.538. The largest absolute Gasteiger partial charge is 0.354 e. The van der Waals surface area contributed by atoms with Gasteiger partial charge in [-0.3, -0.25) is 14.9 Å². The third-order valence-electron chi connectivity index (χ3n) is 6.50. The summed E-state index contributed by atoms with van der Waals surface area (Å²) in [6.07, 6.45) is 5.35. The summed E-state index contributed by atoms with van der Waals surface area (Å²) in [5.41, 5.74) is 4.02. The number of benzene rings is 1. The molecule has 2 unspecified atom stereocenters. The summed E-state index contributed by atoms with van der Waals surface area (Å²) < 4.78 is 0. The first-order chi connectivity index (χ1) is 15.1. The minimum Gasteiger partial charge on any atom is -0.354 e. The Morgan fingerprint density at radius 1 is 1.09 bits per heavy atom. The molecule has 2 fully saturated rings. The summed E-state index contributed by atoms with van der Waals surface area (Å²) in [5, 5.41) is 7.40. The topological polar surface area (TPSA) is 52.6 Å². The van der Waals surface area contributed by atoms with Crippen molar-refractivity contribution in [2.24, 2.45) is 4.99 Å². The standard InChI is InChI=1S/C26H37N5.HI/c1-4-27-26(30-25-17-24(25)21-10-8-20(9-11-21)19(2)3)29-22-12-15-31(16-13-22)18-23-7-5-6-14-28-23;/h5-11,14,19,22,24-25H,4,12-13,15-18H2,1-3H3,(H2,27,29,30);1H. The lowest BCUT2D eigenvalue weighted by Gasteiger charge is -2.33. The second kappa shape index (κ2) is 12.0. The predicted molar refractivity (Wildman–Crippen MR) is 144 cm³/mol. The molecule has 1 aliphatic heterocycles. The molecule has 4 rings (SSSR count). The molecule has 1 aliphatic carbocycles. The molecule has 0 bridgehead atoms. The van der Waals surface area contributed by atoms with Gasteiger partial charge in [0.1, 0.15) is 0 Å². The zero-order valence-corrected chi connectivity index (χ0v) is 22.0. The van der Waals surface area contributed by atoms with Crippen LogP contribution in [0.3, 0.4) is 0 Å². The number of guanidine groups is 1. The molecule has 0 radical (unpaired) electrons. The van der Waals surface area contributed by atoms with Crippen LogP contribution in [0.4, 0.5) is 0 Å². The third-order valence-corrected chi connectivity index (χ3v) is 6.50. The van der Waals surface area contributed by atoms with Crippen molar-refractivity contribution in [3.05, 3.63) is 65.5 Å². The highest BCUT2D eigenvalue weighted by Gasteiger charge is 2.39. The molecule has 2 atom stereocenters. The first-order valence-corrected chi connectivity index (χ1v) is 11.9. The number of hydrogen-bond donors (Lipinski definition) is 2. The Labute approximate surface area is 210 Å². The van der Waals surface area contributed by atoms with Gasteiger partial charge >= 0.3 is 0 Å². The Morgan fingerprint density at radius 3 is 2.47 bits per heavy atom. The van der Waals surface area contributed by atoms with Crippen LogP contribution in [0.15, 0.2) is 53.7 Å². The summed E-state index contributed by atoms with van der Waals surface area (Å²) in [6.45, 7) is 10.5. The molecule has 174 valence electrons. The lowest BCUT2D eigenvalue weighted by atomic mass is 10.0.